The van der Waals surface area contributed by atoms with Crippen molar-refractivity contribution in [3.8, 4) is 0 Å². The average molecular weight is 195 g/mol. The number of thioether (sulfide) groups is 1. The van der Waals surface area contributed by atoms with Gasteiger partial charge < -0.3 is 0 Å². The molecule has 1 unspecified atom stereocenters. The highest BCUT2D eigenvalue weighted by molar-refractivity contribution is 9.09. The van der Waals surface area contributed by atoms with Crippen LogP contribution < -0.4 is 0 Å². The van der Waals surface area contributed by atoms with Crippen molar-refractivity contribution < 1.29 is 4.79 Å². The first-order valence-electron chi connectivity index (χ1n) is 2.57. The summed E-state index contributed by atoms with van der Waals surface area (Å²) in [6.45, 7) is 0. The van der Waals surface area contributed by atoms with Gasteiger partial charge in [-0.2, -0.15) is 0 Å². The van der Waals surface area contributed by atoms with Crippen LogP contribution in [0.25, 0.3) is 0 Å². The molecule has 0 amide bonds. The lowest BCUT2D eigenvalue weighted by molar-refractivity contribution is -0.113. The maximum absolute atomic E-state index is 10.7. The number of hydrogen-bond donors (Lipinski definition) is 0. The molecule has 0 N–H and O–H groups in total. The van der Waals surface area contributed by atoms with Gasteiger partial charge in [0.25, 0.3) is 0 Å². The largest absolute Gasteiger partial charge is 0.287 e. The third kappa shape index (κ3) is 1.26. The van der Waals surface area contributed by atoms with Gasteiger partial charge in [0.15, 0.2) is 5.12 Å². The molecule has 0 radical (unpaired) electrons. The van der Waals surface area contributed by atoms with Crippen LogP contribution in [0.3, 0.4) is 0 Å². The predicted octanol–water partition coefficient (Wildman–Crippen LogP) is 1.66. The fourth-order valence-corrected chi connectivity index (χ4v) is 2.55. The molecule has 0 aromatic rings. The van der Waals surface area contributed by atoms with Gasteiger partial charge in [-0.3, -0.25) is 4.79 Å². The highest BCUT2D eigenvalue weighted by Crippen LogP contribution is 2.26. The Morgan fingerprint density at radius 3 is 2.88 bits per heavy atom. The van der Waals surface area contributed by atoms with Gasteiger partial charge >= 0.3 is 0 Å². The van der Waals surface area contributed by atoms with E-state index in [-0.39, 0.29) is 0 Å². The van der Waals surface area contributed by atoms with Crippen LogP contribution in [0.5, 0.6) is 0 Å². The van der Waals surface area contributed by atoms with Gasteiger partial charge in [0.2, 0.25) is 0 Å². The molecular weight excluding hydrogens is 188 g/mol. The van der Waals surface area contributed by atoms with Gasteiger partial charge in [-0.15, -0.1) is 0 Å². The number of carbonyl (C=O) groups is 1. The van der Waals surface area contributed by atoms with E-state index in [1.54, 1.807) is 0 Å². The monoisotopic (exact) mass is 194 g/mol. The van der Waals surface area contributed by atoms with Crippen LogP contribution in [-0.4, -0.2) is 16.2 Å². The Kier molecular flexibility index (Phi) is 2.38. The summed E-state index contributed by atoms with van der Waals surface area (Å²) in [5.41, 5.74) is 0. The molecule has 0 aromatic carbocycles. The maximum Gasteiger partial charge on any atom is 0.192 e. The van der Waals surface area contributed by atoms with E-state index < -0.39 is 0 Å². The van der Waals surface area contributed by atoms with Gasteiger partial charge in [0.05, 0.1) is 0 Å². The Morgan fingerprint density at radius 2 is 2.62 bits per heavy atom. The fraction of sp³-hybridized carbons (Fsp3) is 0.800. The highest BCUT2D eigenvalue weighted by atomic mass is 79.9. The minimum Gasteiger partial charge on any atom is -0.287 e. The summed E-state index contributed by atoms with van der Waals surface area (Å²) in [6, 6.07) is 0. The molecule has 46 valence electrons. The van der Waals surface area contributed by atoms with E-state index in [0.717, 1.165) is 17.5 Å². The van der Waals surface area contributed by atoms with E-state index in [1.807, 2.05) is 0 Å². The SMILES string of the molecule is O=C1SCCC1CBr. The standard InChI is InChI=1S/C5H7BrOS/c6-3-4-1-2-8-5(4)7/h4H,1-3H2. The molecular formula is C5H7BrOS. The zero-order valence-corrected chi connectivity index (χ0v) is 6.80. The van der Waals surface area contributed by atoms with E-state index in [2.05, 4.69) is 15.9 Å². The normalized spacial score (nSPS) is 29.1. The molecule has 1 rings (SSSR count). The van der Waals surface area contributed by atoms with Crippen molar-refractivity contribution >= 4 is 32.8 Å². The van der Waals surface area contributed by atoms with Crippen LogP contribution in [0, 0.1) is 5.92 Å². The average Bonchev–Trinajstić information content (AvgIpc) is 2.14. The van der Waals surface area contributed by atoms with Crippen LogP contribution >= 0.6 is 27.7 Å². The number of hydrogen-bond acceptors (Lipinski definition) is 2. The van der Waals surface area contributed by atoms with Gasteiger partial charge in [-0.05, 0) is 6.42 Å². The first-order chi connectivity index (χ1) is 3.84. The van der Waals surface area contributed by atoms with E-state index >= 15 is 0 Å². The first kappa shape index (κ1) is 6.62. The number of rotatable bonds is 1. The van der Waals surface area contributed by atoms with Crippen LogP contribution in [0.2, 0.25) is 0 Å². The predicted molar refractivity (Wildman–Crippen MR) is 39.4 cm³/mol. The van der Waals surface area contributed by atoms with E-state index in [4.69, 9.17) is 0 Å². The van der Waals surface area contributed by atoms with Crippen molar-refractivity contribution in [1.29, 1.82) is 0 Å². The molecule has 1 atom stereocenters. The Labute approximate surface area is 61.3 Å². The van der Waals surface area contributed by atoms with Gasteiger partial charge in [0, 0.05) is 17.0 Å². The van der Waals surface area contributed by atoms with Gasteiger partial charge in [-0.1, -0.05) is 27.7 Å². The molecule has 0 bridgehead atoms. The van der Waals surface area contributed by atoms with E-state index in [9.17, 15) is 4.79 Å². The zero-order valence-electron chi connectivity index (χ0n) is 4.39. The number of halogens is 1. The summed E-state index contributed by atoms with van der Waals surface area (Å²) in [5, 5.41) is 1.21. The Bertz CT molecular complexity index is 105. The van der Waals surface area contributed by atoms with E-state index in [1.165, 1.54) is 11.8 Å². The van der Waals surface area contributed by atoms with Crippen LogP contribution in [0.4, 0.5) is 0 Å². The molecule has 3 heteroatoms. The fourth-order valence-electron chi connectivity index (χ4n) is 0.678. The number of carbonyl (C=O) groups excluding carboxylic acids is 1. The second-order valence-corrected chi connectivity index (χ2v) is 3.55. The lowest BCUT2D eigenvalue weighted by Gasteiger charge is -1.96. The molecule has 0 aromatic heterocycles. The third-order valence-electron chi connectivity index (χ3n) is 1.23. The molecule has 0 saturated carbocycles. The Morgan fingerprint density at radius 1 is 1.88 bits per heavy atom. The summed E-state index contributed by atoms with van der Waals surface area (Å²) < 4.78 is 0. The Balaban J connectivity index is 2.42. The molecule has 1 fully saturated rings. The Hall–Kier alpha value is 0.500. The summed E-state index contributed by atoms with van der Waals surface area (Å²) in [6.07, 6.45) is 1.06. The smallest absolute Gasteiger partial charge is 0.192 e. The van der Waals surface area contributed by atoms with Crippen molar-refractivity contribution in [1.82, 2.24) is 0 Å². The van der Waals surface area contributed by atoms with Crippen LogP contribution in [0.15, 0.2) is 0 Å². The second-order valence-electron chi connectivity index (χ2n) is 1.81. The van der Waals surface area contributed by atoms with Crippen LogP contribution in [-0.2, 0) is 4.79 Å². The summed E-state index contributed by atoms with van der Waals surface area (Å²) >= 11 is 4.74. The van der Waals surface area contributed by atoms with Crippen LogP contribution in [0.1, 0.15) is 6.42 Å². The molecule has 1 aliphatic heterocycles. The van der Waals surface area contributed by atoms with Crippen molar-refractivity contribution in [2.45, 2.75) is 6.42 Å². The lowest BCUT2D eigenvalue weighted by Crippen LogP contribution is -2.04. The zero-order chi connectivity index (χ0) is 5.98. The van der Waals surface area contributed by atoms with Gasteiger partial charge in [-0.25, -0.2) is 0 Å². The van der Waals surface area contributed by atoms with Crippen molar-refractivity contribution in [3.05, 3.63) is 0 Å². The minimum atomic E-state index is 0.306. The van der Waals surface area contributed by atoms with Crippen molar-refractivity contribution in [2.24, 2.45) is 5.92 Å². The quantitative estimate of drug-likeness (QED) is 0.592. The van der Waals surface area contributed by atoms with Gasteiger partial charge in [0.1, 0.15) is 0 Å². The minimum absolute atomic E-state index is 0.306. The molecule has 1 saturated heterocycles. The van der Waals surface area contributed by atoms with Crippen molar-refractivity contribution in [3.63, 3.8) is 0 Å². The summed E-state index contributed by atoms with van der Waals surface area (Å²) in [5.74, 6) is 1.33. The topological polar surface area (TPSA) is 17.1 Å². The number of alkyl halides is 1. The molecule has 1 aliphatic rings. The molecule has 0 spiro atoms. The molecule has 1 nitrogen and oxygen atoms in total. The maximum atomic E-state index is 10.7. The molecule has 8 heavy (non-hydrogen) atoms. The van der Waals surface area contributed by atoms with Crippen molar-refractivity contribution in [2.75, 3.05) is 11.1 Å². The third-order valence-corrected chi connectivity index (χ3v) is 3.07. The highest BCUT2D eigenvalue weighted by Gasteiger charge is 2.23. The van der Waals surface area contributed by atoms with E-state index in [0.29, 0.717) is 11.0 Å². The first-order valence-corrected chi connectivity index (χ1v) is 4.68. The molecule has 0 aliphatic carbocycles. The lowest BCUT2D eigenvalue weighted by atomic mass is 10.2. The molecule has 1 heterocycles. The summed E-state index contributed by atoms with van der Waals surface area (Å²) in [7, 11) is 0. The second kappa shape index (κ2) is 2.87. The summed E-state index contributed by atoms with van der Waals surface area (Å²) in [4.78, 5) is 10.7.